The van der Waals surface area contributed by atoms with Gasteiger partial charge in [0.05, 0.1) is 25.4 Å². The van der Waals surface area contributed by atoms with E-state index in [1.807, 2.05) is 0 Å². The third kappa shape index (κ3) is 16.8. The molecule has 40 heavy (non-hydrogen) atoms. The fraction of sp³-hybridized carbons (Fsp3) is 0.656. The molecule has 8 heteroatoms. The van der Waals surface area contributed by atoms with Gasteiger partial charge in [0.2, 0.25) is 0 Å². The molecule has 2 aromatic rings. The molecular formula is C32H48O8. The first-order valence-corrected chi connectivity index (χ1v) is 15.1. The third-order valence-corrected chi connectivity index (χ3v) is 6.78. The van der Waals surface area contributed by atoms with Gasteiger partial charge in [0.1, 0.15) is 30.8 Å². The van der Waals surface area contributed by atoms with E-state index in [9.17, 15) is 14.4 Å². The lowest BCUT2D eigenvalue weighted by atomic mass is 10.0. The van der Waals surface area contributed by atoms with Crippen molar-refractivity contribution >= 4 is 17.9 Å². The Kier molecular flexibility index (Phi) is 18.0. The molecule has 0 aromatic carbocycles. The number of furan rings is 2. The summed E-state index contributed by atoms with van der Waals surface area (Å²) in [7, 11) is 0. The summed E-state index contributed by atoms with van der Waals surface area (Å²) in [6.45, 7) is 2.45. The van der Waals surface area contributed by atoms with Gasteiger partial charge in [-0.1, -0.05) is 64.7 Å². The Morgan fingerprint density at radius 2 is 1.10 bits per heavy atom. The number of carbonyl (C=O) groups excluding carboxylic acids is 3. The predicted molar refractivity (Wildman–Crippen MR) is 151 cm³/mol. The fourth-order valence-corrected chi connectivity index (χ4v) is 4.45. The van der Waals surface area contributed by atoms with E-state index in [0.29, 0.717) is 17.9 Å². The maximum absolute atomic E-state index is 12.4. The Balaban J connectivity index is 1.50. The quantitative estimate of drug-likeness (QED) is 0.0718. The monoisotopic (exact) mass is 560 g/mol. The van der Waals surface area contributed by atoms with Gasteiger partial charge in [0.25, 0.3) is 0 Å². The molecule has 1 unspecified atom stereocenters. The van der Waals surface area contributed by atoms with Crippen LogP contribution in [0.5, 0.6) is 0 Å². The molecule has 0 aliphatic carbocycles. The number of hydrogen-bond acceptors (Lipinski definition) is 8. The second-order valence-corrected chi connectivity index (χ2v) is 10.3. The summed E-state index contributed by atoms with van der Waals surface area (Å²) in [5, 5.41) is 0. The molecule has 0 spiro atoms. The standard InChI is InChI=1S/C32H48O8/c1-2-3-4-11-16-27(40-32(35)22-21-31(34)39-26-29-19-15-24-37-29)17-12-9-7-5-6-8-10-13-20-30(33)38-25-28-18-14-23-36-28/h14-15,18-19,23-24,27H,2-13,16-17,20-22,25-26H2,1H3. The van der Waals surface area contributed by atoms with Crippen molar-refractivity contribution in [2.75, 3.05) is 0 Å². The summed E-state index contributed by atoms with van der Waals surface area (Å²) >= 11 is 0. The zero-order valence-electron chi connectivity index (χ0n) is 24.2. The Labute approximate surface area is 239 Å². The lowest BCUT2D eigenvalue weighted by molar-refractivity contribution is -0.154. The van der Waals surface area contributed by atoms with Crippen molar-refractivity contribution in [3.63, 3.8) is 0 Å². The van der Waals surface area contributed by atoms with Gasteiger partial charge in [-0.2, -0.15) is 0 Å². The van der Waals surface area contributed by atoms with E-state index < -0.39 is 5.97 Å². The predicted octanol–water partition coefficient (Wildman–Crippen LogP) is 8.22. The van der Waals surface area contributed by atoms with Gasteiger partial charge in [-0.05, 0) is 56.4 Å². The summed E-state index contributed by atoms with van der Waals surface area (Å²) in [6.07, 6.45) is 18.4. The summed E-state index contributed by atoms with van der Waals surface area (Å²) in [4.78, 5) is 36.1. The van der Waals surface area contributed by atoms with Crippen molar-refractivity contribution in [2.24, 2.45) is 0 Å². The molecule has 0 aliphatic heterocycles. The number of hydrogen-bond donors (Lipinski definition) is 0. The van der Waals surface area contributed by atoms with Gasteiger partial charge < -0.3 is 23.0 Å². The molecule has 0 amide bonds. The maximum Gasteiger partial charge on any atom is 0.306 e. The number of esters is 3. The van der Waals surface area contributed by atoms with Crippen LogP contribution in [0.1, 0.15) is 128 Å². The molecule has 224 valence electrons. The molecule has 0 saturated heterocycles. The van der Waals surface area contributed by atoms with Crippen LogP contribution in [0.25, 0.3) is 0 Å². The Hall–Kier alpha value is -3.03. The van der Waals surface area contributed by atoms with Crippen molar-refractivity contribution in [3.05, 3.63) is 48.3 Å². The molecule has 2 rings (SSSR count). The van der Waals surface area contributed by atoms with E-state index in [1.165, 1.54) is 25.5 Å². The average Bonchev–Trinajstić information content (AvgIpc) is 3.67. The minimum atomic E-state index is -0.433. The fourth-order valence-electron chi connectivity index (χ4n) is 4.45. The van der Waals surface area contributed by atoms with Crippen LogP contribution in [0, 0.1) is 0 Å². The molecule has 2 heterocycles. The lowest BCUT2D eigenvalue weighted by Gasteiger charge is -2.18. The smallest absolute Gasteiger partial charge is 0.306 e. The van der Waals surface area contributed by atoms with E-state index >= 15 is 0 Å². The van der Waals surface area contributed by atoms with Crippen LogP contribution in [0.15, 0.2) is 45.6 Å². The number of rotatable bonds is 24. The van der Waals surface area contributed by atoms with Gasteiger partial charge in [0, 0.05) is 6.42 Å². The van der Waals surface area contributed by atoms with Gasteiger partial charge in [-0.25, -0.2) is 0 Å². The number of unbranched alkanes of at least 4 members (excludes halogenated alkanes) is 10. The largest absolute Gasteiger partial charge is 0.466 e. The highest BCUT2D eigenvalue weighted by Crippen LogP contribution is 2.18. The highest BCUT2D eigenvalue weighted by atomic mass is 16.6. The van der Waals surface area contributed by atoms with Crippen LogP contribution in [-0.2, 0) is 41.8 Å². The van der Waals surface area contributed by atoms with E-state index in [-0.39, 0.29) is 44.1 Å². The molecule has 0 aliphatic rings. The Morgan fingerprint density at radius 3 is 1.62 bits per heavy atom. The van der Waals surface area contributed by atoms with E-state index in [2.05, 4.69) is 6.92 Å². The molecule has 1 atom stereocenters. The first-order valence-electron chi connectivity index (χ1n) is 15.1. The van der Waals surface area contributed by atoms with Gasteiger partial charge in [0.15, 0.2) is 0 Å². The number of ether oxygens (including phenoxy) is 3. The SMILES string of the molecule is CCCCCCC(CCCCCCCCCCC(=O)OCc1ccco1)OC(=O)CCC(=O)OCc1ccco1. The Bertz CT molecular complexity index is 904. The zero-order chi connectivity index (χ0) is 28.7. The third-order valence-electron chi connectivity index (χ3n) is 6.78. The Morgan fingerprint density at radius 1 is 0.625 bits per heavy atom. The van der Waals surface area contributed by atoms with E-state index in [0.717, 1.165) is 70.6 Å². The molecule has 0 saturated carbocycles. The summed E-state index contributed by atoms with van der Waals surface area (Å²) < 4.78 is 26.4. The first-order chi connectivity index (χ1) is 19.6. The van der Waals surface area contributed by atoms with Crippen LogP contribution < -0.4 is 0 Å². The van der Waals surface area contributed by atoms with Crippen LogP contribution >= 0.6 is 0 Å². The van der Waals surface area contributed by atoms with Crippen molar-refractivity contribution in [1.29, 1.82) is 0 Å². The normalized spacial score (nSPS) is 11.7. The molecule has 8 nitrogen and oxygen atoms in total. The first kappa shape index (κ1) is 33.2. The van der Waals surface area contributed by atoms with Crippen LogP contribution in [0.2, 0.25) is 0 Å². The van der Waals surface area contributed by atoms with E-state index in [1.54, 1.807) is 30.5 Å². The van der Waals surface area contributed by atoms with Crippen LogP contribution in [-0.4, -0.2) is 24.0 Å². The summed E-state index contributed by atoms with van der Waals surface area (Å²) in [5.41, 5.74) is 0. The van der Waals surface area contributed by atoms with Crippen molar-refractivity contribution in [3.8, 4) is 0 Å². The van der Waals surface area contributed by atoms with Crippen molar-refractivity contribution < 1.29 is 37.4 Å². The van der Waals surface area contributed by atoms with Crippen LogP contribution in [0.4, 0.5) is 0 Å². The van der Waals surface area contributed by atoms with Gasteiger partial charge >= 0.3 is 17.9 Å². The zero-order valence-corrected chi connectivity index (χ0v) is 24.2. The topological polar surface area (TPSA) is 105 Å². The molecule has 0 bridgehead atoms. The number of carbonyl (C=O) groups is 3. The summed E-state index contributed by atoms with van der Waals surface area (Å²) in [6, 6.07) is 7.04. The highest BCUT2D eigenvalue weighted by molar-refractivity contribution is 5.77. The van der Waals surface area contributed by atoms with Crippen molar-refractivity contribution in [2.45, 2.75) is 135 Å². The second-order valence-electron chi connectivity index (χ2n) is 10.3. The summed E-state index contributed by atoms with van der Waals surface area (Å²) in [5.74, 6) is 0.292. The van der Waals surface area contributed by atoms with Crippen LogP contribution in [0.3, 0.4) is 0 Å². The minimum absolute atomic E-state index is 0.00816. The lowest BCUT2D eigenvalue weighted by Crippen LogP contribution is -2.19. The van der Waals surface area contributed by atoms with Crippen molar-refractivity contribution in [1.82, 2.24) is 0 Å². The van der Waals surface area contributed by atoms with Gasteiger partial charge in [-0.3, -0.25) is 14.4 Å². The molecular weight excluding hydrogens is 512 g/mol. The maximum atomic E-state index is 12.4. The molecule has 0 radical (unpaired) electrons. The highest BCUT2D eigenvalue weighted by Gasteiger charge is 2.16. The minimum Gasteiger partial charge on any atom is -0.466 e. The molecule has 0 N–H and O–H groups in total. The second kappa shape index (κ2) is 21.8. The molecule has 2 aromatic heterocycles. The van der Waals surface area contributed by atoms with Gasteiger partial charge in [-0.15, -0.1) is 0 Å². The average molecular weight is 561 g/mol. The van der Waals surface area contributed by atoms with E-state index in [4.69, 9.17) is 23.0 Å². The molecule has 0 fully saturated rings.